The SMILES string of the molecule is COc1ccc(Nc2cc(C)nc(NCCNC(=O)CCc3ccccc3)n2)cc1. The van der Waals surface area contributed by atoms with E-state index in [1.165, 1.54) is 0 Å². The summed E-state index contributed by atoms with van der Waals surface area (Å²) in [6.45, 7) is 2.96. The Morgan fingerprint density at radius 3 is 2.50 bits per heavy atom. The number of nitrogens with zero attached hydrogens (tertiary/aromatic N) is 2. The molecule has 0 atom stereocenters. The summed E-state index contributed by atoms with van der Waals surface area (Å²) in [5.41, 5.74) is 2.91. The number of hydrogen-bond donors (Lipinski definition) is 3. The lowest BCUT2D eigenvalue weighted by Crippen LogP contribution is -2.29. The molecule has 1 aromatic heterocycles. The van der Waals surface area contributed by atoms with Gasteiger partial charge in [-0.1, -0.05) is 30.3 Å². The molecule has 0 aliphatic carbocycles. The Morgan fingerprint density at radius 2 is 1.77 bits per heavy atom. The molecule has 3 rings (SSSR count). The summed E-state index contributed by atoms with van der Waals surface area (Å²) in [7, 11) is 1.64. The number of hydrogen-bond acceptors (Lipinski definition) is 6. The third-order valence-corrected chi connectivity index (χ3v) is 4.43. The number of methoxy groups -OCH3 is 1. The molecule has 0 aliphatic rings. The summed E-state index contributed by atoms with van der Waals surface area (Å²) in [4.78, 5) is 20.9. The number of benzene rings is 2. The minimum atomic E-state index is 0.0349. The minimum absolute atomic E-state index is 0.0349. The number of aromatic nitrogens is 2. The Kier molecular flexibility index (Phi) is 7.60. The molecule has 7 heteroatoms. The number of carbonyl (C=O) groups is 1. The molecule has 0 bridgehead atoms. The highest BCUT2D eigenvalue weighted by atomic mass is 16.5. The van der Waals surface area contributed by atoms with Crippen LogP contribution in [0.4, 0.5) is 17.5 Å². The summed E-state index contributed by atoms with van der Waals surface area (Å²) in [6, 6.07) is 19.5. The average molecular weight is 406 g/mol. The first-order valence-electron chi connectivity index (χ1n) is 9.93. The van der Waals surface area contributed by atoms with E-state index in [0.717, 1.165) is 29.1 Å². The maximum Gasteiger partial charge on any atom is 0.224 e. The predicted octanol–water partition coefficient (Wildman–Crippen LogP) is 3.70. The number of ether oxygens (including phenoxy) is 1. The quantitative estimate of drug-likeness (QED) is 0.446. The second-order valence-electron chi connectivity index (χ2n) is 6.83. The van der Waals surface area contributed by atoms with Crippen molar-refractivity contribution in [3.8, 4) is 5.75 Å². The van der Waals surface area contributed by atoms with Crippen LogP contribution < -0.4 is 20.7 Å². The standard InChI is InChI=1S/C23H27N5O2/c1-17-16-21(27-19-9-11-20(30-2)12-10-19)28-23(26-17)25-15-14-24-22(29)13-8-18-6-4-3-5-7-18/h3-7,9-12,16H,8,13-15H2,1-2H3,(H,24,29)(H2,25,26,27,28). The molecule has 0 saturated carbocycles. The van der Waals surface area contributed by atoms with Crippen LogP contribution in [0.25, 0.3) is 0 Å². The number of aryl methyl sites for hydroxylation is 2. The van der Waals surface area contributed by atoms with Crippen molar-refractivity contribution < 1.29 is 9.53 Å². The van der Waals surface area contributed by atoms with Gasteiger partial charge < -0.3 is 20.7 Å². The monoisotopic (exact) mass is 405 g/mol. The second-order valence-corrected chi connectivity index (χ2v) is 6.83. The first-order valence-corrected chi connectivity index (χ1v) is 9.93. The van der Waals surface area contributed by atoms with Gasteiger partial charge in [0.25, 0.3) is 0 Å². The molecule has 2 aromatic carbocycles. The largest absolute Gasteiger partial charge is 0.497 e. The smallest absolute Gasteiger partial charge is 0.224 e. The fraction of sp³-hybridized carbons (Fsp3) is 0.261. The summed E-state index contributed by atoms with van der Waals surface area (Å²) in [5.74, 6) is 2.05. The van der Waals surface area contributed by atoms with Gasteiger partial charge in [0.1, 0.15) is 11.6 Å². The lowest BCUT2D eigenvalue weighted by Gasteiger charge is -2.11. The Labute approximate surface area is 176 Å². The van der Waals surface area contributed by atoms with Gasteiger partial charge in [-0.2, -0.15) is 4.98 Å². The van der Waals surface area contributed by atoms with Crippen LogP contribution in [0.5, 0.6) is 5.75 Å². The molecule has 30 heavy (non-hydrogen) atoms. The second kappa shape index (κ2) is 10.8. The zero-order valence-electron chi connectivity index (χ0n) is 17.3. The fourth-order valence-corrected chi connectivity index (χ4v) is 2.90. The summed E-state index contributed by atoms with van der Waals surface area (Å²) >= 11 is 0. The molecule has 3 aromatic rings. The van der Waals surface area contributed by atoms with Crippen molar-refractivity contribution in [3.63, 3.8) is 0 Å². The van der Waals surface area contributed by atoms with Gasteiger partial charge >= 0.3 is 0 Å². The molecule has 0 aliphatic heterocycles. The topological polar surface area (TPSA) is 88.2 Å². The van der Waals surface area contributed by atoms with Crippen molar-refractivity contribution in [2.75, 3.05) is 30.8 Å². The lowest BCUT2D eigenvalue weighted by atomic mass is 10.1. The van der Waals surface area contributed by atoms with E-state index < -0.39 is 0 Å². The number of nitrogens with one attached hydrogen (secondary N) is 3. The van der Waals surface area contributed by atoms with E-state index in [1.807, 2.05) is 67.6 Å². The van der Waals surface area contributed by atoms with Crippen LogP contribution in [0, 0.1) is 6.92 Å². The van der Waals surface area contributed by atoms with Crippen molar-refractivity contribution in [1.82, 2.24) is 15.3 Å². The molecule has 0 spiro atoms. The number of amides is 1. The summed E-state index contributed by atoms with van der Waals surface area (Å²) in [5, 5.41) is 9.34. The van der Waals surface area contributed by atoms with Gasteiger partial charge in [-0.25, -0.2) is 4.98 Å². The molecular formula is C23H27N5O2. The van der Waals surface area contributed by atoms with Gasteiger partial charge in [-0.3, -0.25) is 4.79 Å². The van der Waals surface area contributed by atoms with Crippen LogP contribution in [0.2, 0.25) is 0 Å². The van der Waals surface area contributed by atoms with Gasteiger partial charge in [0.05, 0.1) is 7.11 Å². The van der Waals surface area contributed by atoms with Crippen molar-refractivity contribution in [1.29, 1.82) is 0 Å². The third-order valence-electron chi connectivity index (χ3n) is 4.43. The molecule has 0 radical (unpaired) electrons. The van der Waals surface area contributed by atoms with Crippen LogP contribution in [-0.4, -0.2) is 36.1 Å². The maximum atomic E-state index is 12.0. The van der Waals surface area contributed by atoms with Gasteiger partial charge in [0, 0.05) is 37.0 Å². The van der Waals surface area contributed by atoms with E-state index in [0.29, 0.717) is 31.3 Å². The fourth-order valence-electron chi connectivity index (χ4n) is 2.90. The highest BCUT2D eigenvalue weighted by Crippen LogP contribution is 2.19. The van der Waals surface area contributed by atoms with Crippen LogP contribution in [0.15, 0.2) is 60.7 Å². The normalized spacial score (nSPS) is 10.3. The molecule has 0 saturated heterocycles. The number of rotatable bonds is 10. The zero-order valence-corrected chi connectivity index (χ0v) is 17.3. The maximum absolute atomic E-state index is 12.0. The first kappa shape index (κ1) is 21.1. The van der Waals surface area contributed by atoms with E-state index in [9.17, 15) is 4.79 Å². The molecule has 1 amide bonds. The molecule has 3 N–H and O–H groups in total. The molecule has 0 fully saturated rings. The van der Waals surface area contributed by atoms with Crippen molar-refractivity contribution >= 4 is 23.4 Å². The van der Waals surface area contributed by atoms with Crippen LogP contribution >= 0.6 is 0 Å². The van der Waals surface area contributed by atoms with Crippen LogP contribution in [-0.2, 0) is 11.2 Å². The van der Waals surface area contributed by atoms with Gasteiger partial charge in [0.2, 0.25) is 11.9 Å². The minimum Gasteiger partial charge on any atom is -0.497 e. The summed E-state index contributed by atoms with van der Waals surface area (Å²) in [6.07, 6.45) is 1.21. The third kappa shape index (κ3) is 6.77. The zero-order chi connectivity index (χ0) is 21.2. The Balaban J connectivity index is 1.44. The predicted molar refractivity (Wildman–Crippen MR) is 119 cm³/mol. The van der Waals surface area contributed by atoms with Crippen molar-refractivity contribution in [3.05, 3.63) is 71.9 Å². The van der Waals surface area contributed by atoms with Gasteiger partial charge in [-0.15, -0.1) is 0 Å². The molecule has 156 valence electrons. The van der Waals surface area contributed by atoms with Crippen molar-refractivity contribution in [2.45, 2.75) is 19.8 Å². The molecule has 1 heterocycles. The Bertz CT molecular complexity index is 946. The molecule has 7 nitrogen and oxygen atoms in total. The van der Waals surface area contributed by atoms with Crippen LogP contribution in [0.1, 0.15) is 17.7 Å². The van der Waals surface area contributed by atoms with Crippen LogP contribution in [0.3, 0.4) is 0 Å². The molecule has 0 unspecified atom stereocenters. The average Bonchev–Trinajstić information content (AvgIpc) is 2.76. The Morgan fingerprint density at radius 1 is 1.00 bits per heavy atom. The van der Waals surface area contributed by atoms with E-state index in [1.54, 1.807) is 7.11 Å². The Hall–Kier alpha value is -3.61. The lowest BCUT2D eigenvalue weighted by molar-refractivity contribution is -0.120. The van der Waals surface area contributed by atoms with Crippen molar-refractivity contribution in [2.24, 2.45) is 0 Å². The molecular weight excluding hydrogens is 378 g/mol. The van der Waals surface area contributed by atoms with E-state index in [-0.39, 0.29) is 5.91 Å². The van der Waals surface area contributed by atoms with E-state index in [4.69, 9.17) is 4.74 Å². The number of carbonyl (C=O) groups excluding carboxylic acids is 1. The number of anilines is 3. The highest BCUT2D eigenvalue weighted by Gasteiger charge is 2.05. The van der Waals surface area contributed by atoms with E-state index >= 15 is 0 Å². The summed E-state index contributed by atoms with van der Waals surface area (Å²) < 4.78 is 5.17. The van der Waals surface area contributed by atoms with E-state index in [2.05, 4.69) is 25.9 Å². The van der Waals surface area contributed by atoms with Gasteiger partial charge in [0.15, 0.2) is 0 Å². The first-order chi connectivity index (χ1) is 14.6. The highest BCUT2D eigenvalue weighted by molar-refractivity contribution is 5.76. The van der Waals surface area contributed by atoms with Gasteiger partial charge in [-0.05, 0) is 43.2 Å².